The van der Waals surface area contributed by atoms with Crippen molar-refractivity contribution in [1.29, 1.82) is 0 Å². The Labute approximate surface area is 118 Å². The van der Waals surface area contributed by atoms with Gasteiger partial charge in [-0.25, -0.2) is 4.98 Å². The fourth-order valence-corrected chi connectivity index (χ4v) is 1.66. The molecule has 1 aromatic carbocycles. The summed E-state index contributed by atoms with van der Waals surface area (Å²) in [6.45, 7) is 6.00. The van der Waals surface area contributed by atoms with Crippen molar-refractivity contribution in [2.45, 2.75) is 32.8 Å². The number of anilines is 1. The Morgan fingerprint density at radius 3 is 2.60 bits per heavy atom. The SMILES string of the molecule is CC(C)(C)c1nc(N)cc(Oc2cccc(CO)c2)n1. The van der Waals surface area contributed by atoms with Gasteiger partial charge in [0.1, 0.15) is 17.4 Å². The number of hydrogen-bond acceptors (Lipinski definition) is 5. The van der Waals surface area contributed by atoms with Crippen LogP contribution in [0.3, 0.4) is 0 Å². The number of nitrogens with zero attached hydrogens (tertiary/aromatic N) is 2. The van der Waals surface area contributed by atoms with E-state index in [1.807, 2.05) is 32.9 Å². The van der Waals surface area contributed by atoms with Crippen LogP contribution in [-0.2, 0) is 12.0 Å². The van der Waals surface area contributed by atoms with Crippen LogP contribution in [-0.4, -0.2) is 15.1 Å². The molecule has 0 saturated heterocycles. The van der Waals surface area contributed by atoms with Gasteiger partial charge in [0.25, 0.3) is 0 Å². The maximum Gasteiger partial charge on any atom is 0.224 e. The van der Waals surface area contributed by atoms with Crippen molar-refractivity contribution in [3.05, 3.63) is 41.7 Å². The first-order chi connectivity index (χ1) is 9.38. The van der Waals surface area contributed by atoms with Crippen molar-refractivity contribution in [3.8, 4) is 11.6 Å². The lowest BCUT2D eigenvalue weighted by Crippen LogP contribution is -2.17. The van der Waals surface area contributed by atoms with E-state index in [-0.39, 0.29) is 12.0 Å². The van der Waals surface area contributed by atoms with Gasteiger partial charge in [-0.15, -0.1) is 0 Å². The molecule has 0 unspecified atom stereocenters. The molecule has 2 aromatic rings. The summed E-state index contributed by atoms with van der Waals surface area (Å²) in [6.07, 6.45) is 0. The molecule has 2 rings (SSSR count). The van der Waals surface area contributed by atoms with E-state index in [9.17, 15) is 0 Å². The van der Waals surface area contributed by atoms with Crippen LogP contribution in [0.25, 0.3) is 0 Å². The Hall–Kier alpha value is -2.14. The zero-order valence-electron chi connectivity index (χ0n) is 11.9. The molecule has 1 aromatic heterocycles. The van der Waals surface area contributed by atoms with Gasteiger partial charge in [0.15, 0.2) is 0 Å². The lowest BCUT2D eigenvalue weighted by molar-refractivity contribution is 0.281. The third-order valence-corrected chi connectivity index (χ3v) is 2.70. The molecule has 0 aliphatic heterocycles. The minimum Gasteiger partial charge on any atom is -0.439 e. The molecule has 0 bridgehead atoms. The highest BCUT2D eigenvalue weighted by Gasteiger charge is 2.19. The molecule has 1 heterocycles. The summed E-state index contributed by atoms with van der Waals surface area (Å²) in [4.78, 5) is 8.61. The van der Waals surface area contributed by atoms with E-state index >= 15 is 0 Å². The summed E-state index contributed by atoms with van der Waals surface area (Å²) in [6, 6.07) is 8.78. The first-order valence-corrected chi connectivity index (χ1v) is 6.41. The van der Waals surface area contributed by atoms with Gasteiger partial charge in [0.05, 0.1) is 6.61 Å². The van der Waals surface area contributed by atoms with Gasteiger partial charge in [-0.1, -0.05) is 32.9 Å². The number of ether oxygens (including phenoxy) is 1. The Morgan fingerprint density at radius 2 is 1.95 bits per heavy atom. The van der Waals surface area contributed by atoms with Crippen LogP contribution in [0.4, 0.5) is 5.82 Å². The Kier molecular flexibility index (Phi) is 3.90. The molecule has 20 heavy (non-hydrogen) atoms. The number of nitrogen functional groups attached to an aromatic ring is 1. The Bertz CT molecular complexity index is 606. The van der Waals surface area contributed by atoms with Gasteiger partial charge in [-0.3, -0.25) is 0 Å². The summed E-state index contributed by atoms with van der Waals surface area (Å²) in [5, 5.41) is 9.12. The van der Waals surface area contributed by atoms with Crippen LogP contribution in [0.15, 0.2) is 30.3 Å². The Balaban J connectivity index is 2.31. The zero-order valence-corrected chi connectivity index (χ0v) is 11.9. The number of aliphatic hydroxyl groups excluding tert-OH is 1. The molecule has 0 atom stereocenters. The summed E-state index contributed by atoms with van der Waals surface area (Å²) in [7, 11) is 0. The highest BCUT2D eigenvalue weighted by atomic mass is 16.5. The third kappa shape index (κ3) is 3.45. The fraction of sp³-hybridized carbons (Fsp3) is 0.333. The van der Waals surface area contributed by atoms with E-state index in [0.717, 1.165) is 5.56 Å². The third-order valence-electron chi connectivity index (χ3n) is 2.70. The molecule has 5 nitrogen and oxygen atoms in total. The summed E-state index contributed by atoms with van der Waals surface area (Å²) < 4.78 is 5.70. The topological polar surface area (TPSA) is 81.3 Å². The minimum atomic E-state index is -0.208. The molecule has 0 amide bonds. The smallest absolute Gasteiger partial charge is 0.224 e. The number of hydrogen-bond donors (Lipinski definition) is 2. The molecule has 0 spiro atoms. The molecular weight excluding hydrogens is 254 g/mol. The molecular formula is C15H19N3O2. The molecule has 106 valence electrons. The van der Waals surface area contributed by atoms with E-state index < -0.39 is 0 Å². The predicted molar refractivity (Wildman–Crippen MR) is 77.6 cm³/mol. The van der Waals surface area contributed by atoms with Gasteiger partial charge < -0.3 is 15.6 Å². The first kappa shape index (κ1) is 14.3. The standard InChI is InChI=1S/C15H19N3O2/c1-15(2,3)14-17-12(16)8-13(18-14)20-11-6-4-5-10(7-11)9-19/h4-8,19H,9H2,1-3H3,(H2,16,17,18). The lowest BCUT2D eigenvalue weighted by atomic mass is 9.96. The van der Waals surface area contributed by atoms with Gasteiger partial charge >= 0.3 is 0 Å². The van der Waals surface area contributed by atoms with E-state index in [4.69, 9.17) is 15.6 Å². The average molecular weight is 273 g/mol. The molecule has 0 fully saturated rings. The highest BCUT2D eigenvalue weighted by molar-refractivity contribution is 5.37. The van der Waals surface area contributed by atoms with Gasteiger partial charge in [-0.05, 0) is 17.7 Å². The molecule has 0 aliphatic carbocycles. The second-order valence-corrected chi connectivity index (χ2v) is 5.61. The summed E-state index contributed by atoms with van der Waals surface area (Å²) in [5.74, 6) is 2.01. The lowest BCUT2D eigenvalue weighted by Gasteiger charge is -2.17. The van der Waals surface area contributed by atoms with Crippen LogP contribution in [0.2, 0.25) is 0 Å². The van der Waals surface area contributed by atoms with Crippen LogP contribution < -0.4 is 10.5 Å². The summed E-state index contributed by atoms with van der Waals surface area (Å²) >= 11 is 0. The van der Waals surface area contributed by atoms with Gasteiger partial charge in [-0.2, -0.15) is 4.98 Å². The van der Waals surface area contributed by atoms with Crippen LogP contribution in [0.5, 0.6) is 11.6 Å². The number of benzene rings is 1. The number of aromatic nitrogens is 2. The van der Waals surface area contributed by atoms with Crippen molar-refractivity contribution in [2.24, 2.45) is 0 Å². The van der Waals surface area contributed by atoms with Gasteiger partial charge in [0.2, 0.25) is 5.88 Å². The quantitative estimate of drug-likeness (QED) is 0.898. The maximum absolute atomic E-state index is 9.12. The minimum absolute atomic E-state index is 0.0314. The molecule has 0 aliphatic rings. The van der Waals surface area contributed by atoms with Crippen molar-refractivity contribution in [2.75, 3.05) is 5.73 Å². The maximum atomic E-state index is 9.12. The predicted octanol–water partition coefficient (Wildman–Crippen LogP) is 2.64. The zero-order chi connectivity index (χ0) is 14.8. The largest absolute Gasteiger partial charge is 0.439 e. The van der Waals surface area contributed by atoms with E-state index in [1.165, 1.54) is 0 Å². The van der Waals surface area contributed by atoms with Gasteiger partial charge in [0, 0.05) is 11.5 Å². The molecule has 3 N–H and O–H groups in total. The molecule has 5 heteroatoms. The van der Waals surface area contributed by atoms with Crippen LogP contribution in [0.1, 0.15) is 32.2 Å². The Morgan fingerprint density at radius 1 is 1.20 bits per heavy atom. The van der Waals surface area contributed by atoms with Crippen LogP contribution >= 0.6 is 0 Å². The fourth-order valence-electron chi connectivity index (χ4n) is 1.66. The summed E-state index contributed by atoms with van der Waals surface area (Å²) in [5.41, 5.74) is 6.37. The number of nitrogens with two attached hydrogens (primary N) is 1. The average Bonchev–Trinajstić information content (AvgIpc) is 2.37. The second kappa shape index (κ2) is 5.46. The van der Waals surface area contributed by atoms with E-state index in [2.05, 4.69) is 9.97 Å². The van der Waals surface area contributed by atoms with Crippen molar-refractivity contribution >= 4 is 5.82 Å². The second-order valence-electron chi connectivity index (χ2n) is 5.61. The monoisotopic (exact) mass is 273 g/mol. The van der Waals surface area contributed by atoms with Crippen LogP contribution in [0, 0.1) is 0 Å². The molecule has 0 radical (unpaired) electrons. The van der Waals surface area contributed by atoms with Crippen molar-refractivity contribution in [1.82, 2.24) is 9.97 Å². The van der Waals surface area contributed by atoms with Crippen molar-refractivity contribution in [3.63, 3.8) is 0 Å². The number of rotatable bonds is 3. The normalized spacial score (nSPS) is 11.4. The number of aliphatic hydroxyl groups is 1. The van der Waals surface area contributed by atoms with E-state index in [0.29, 0.717) is 23.3 Å². The first-order valence-electron chi connectivity index (χ1n) is 6.41. The highest BCUT2D eigenvalue weighted by Crippen LogP contribution is 2.25. The molecule has 0 saturated carbocycles. The van der Waals surface area contributed by atoms with Crippen molar-refractivity contribution < 1.29 is 9.84 Å². The van der Waals surface area contributed by atoms with E-state index in [1.54, 1.807) is 18.2 Å².